The maximum absolute atomic E-state index is 11.9. The fraction of sp³-hybridized carbons (Fsp3) is 0.278. The van der Waals surface area contributed by atoms with E-state index in [4.69, 9.17) is 14.2 Å². The van der Waals surface area contributed by atoms with Gasteiger partial charge in [-0.05, 0) is 49.7 Å². The van der Waals surface area contributed by atoms with Gasteiger partial charge in [-0.25, -0.2) is 4.79 Å². The lowest BCUT2D eigenvalue weighted by atomic mass is 10.1. The lowest BCUT2D eigenvalue weighted by Gasteiger charge is -2.09. The van der Waals surface area contributed by atoms with Crippen molar-refractivity contribution >= 4 is 5.97 Å². The average molecular weight is 316 g/mol. The average Bonchev–Trinajstić information content (AvgIpc) is 2.55. The highest BCUT2D eigenvalue weighted by Gasteiger charge is 2.13. The van der Waals surface area contributed by atoms with Crippen molar-refractivity contribution in [2.75, 3.05) is 19.8 Å². The highest BCUT2D eigenvalue weighted by molar-refractivity contribution is 5.92. The zero-order chi connectivity index (χ0) is 16.7. The predicted octanol–water partition coefficient (Wildman–Crippen LogP) is 3.34. The SMILES string of the molecule is CCOc1ccc(OCCOC(=O)c2cccc(C)c2O)cc1. The predicted molar refractivity (Wildman–Crippen MR) is 86.2 cm³/mol. The maximum Gasteiger partial charge on any atom is 0.342 e. The normalized spacial score (nSPS) is 10.2. The number of hydrogen-bond donors (Lipinski definition) is 1. The molecule has 122 valence electrons. The molecule has 0 aromatic heterocycles. The van der Waals surface area contributed by atoms with Gasteiger partial charge in [0.15, 0.2) is 0 Å². The van der Waals surface area contributed by atoms with Crippen LogP contribution in [-0.4, -0.2) is 30.9 Å². The Kier molecular flexibility index (Phi) is 5.86. The topological polar surface area (TPSA) is 65.0 Å². The van der Waals surface area contributed by atoms with Crippen LogP contribution < -0.4 is 9.47 Å². The number of rotatable bonds is 7. The fourth-order valence-electron chi connectivity index (χ4n) is 1.99. The number of aryl methyl sites for hydroxylation is 1. The molecule has 5 heteroatoms. The van der Waals surface area contributed by atoms with Gasteiger partial charge in [0.2, 0.25) is 0 Å². The summed E-state index contributed by atoms with van der Waals surface area (Å²) in [5, 5.41) is 9.83. The van der Waals surface area contributed by atoms with Crippen LogP contribution in [0.1, 0.15) is 22.8 Å². The zero-order valence-electron chi connectivity index (χ0n) is 13.2. The molecule has 0 saturated carbocycles. The molecule has 0 bridgehead atoms. The molecule has 0 heterocycles. The van der Waals surface area contributed by atoms with Gasteiger partial charge in [0.1, 0.15) is 36.0 Å². The van der Waals surface area contributed by atoms with Crippen LogP contribution in [0.25, 0.3) is 0 Å². The van der Waals surface area contributed by atoms with E-state index in [-0.39, 0.29) is 24.5 Å². The number of phenolic OH excluding ortho intramolecular Hbond substituents is 1. The van der Waals surface area contributed by atoms with E-state index in [1.807, 2.05) is 19.1 Å². The van der Waals surface area contributed by atoms with Crippen LogP contribution in [0.5, 0.6) is 17.2 Å². The van der Waals surface area contributed by atoms with Crippen LogP contribution in [0, 0.1) is 6.92 Å². The molecule has 0 fully saturated rings. The first-order chi connectivity index (χ1) is 11.1. The summed E-state index contributed by atoms with van der Waals surface area (Å²) in [6.07, 6.45) is 0. The van der Waals surface area contributed by atoms with E-state index in [1.54, 1.807) is 31.2 Å². The van der Waals surface area contributed by atoms with Gasteiger partial charge in [0, 0.05) is 0 Å². The van der Waals surface area contributed by atoms with Gasteiger partial charge in [0.25, 0.3) is 0 Å². The zero-order valence-corrected chi connectivity index (χ0v) is 13.2. The highest BCUT2D eigenvalue weighted by atomic mass is 16.6. The van der Waals surface area contributed by atoms with Crippen LogP contribution in [0.15, 0.2) is 42.5 Å². The van der Waals surface area contributed by atoms with Gasteiger partial charge >= 0.3 is 5.97 Å². The standard InChI is InChI=1S/C18H20O5/c1-3-21-14-7-9-15(10-8-14)22-11-12-23-18(20)16-6-4-5-13(2)17(16)19/h4-10,19H,3,11-12H2,1-2H3. The second kappa shape index (κ2) is 8.08. The van der Waals surface area contributed by atoms with Crippen molar-refractivity contribution in [3.05, 3.63) is 53.6 Å². The lowest BCUT2D eigenvalue weighted by Crippen LogP contribution is -2.12. The molecule has 5 nitrogen and oxygen atoms in total. The molecule has 0 atom stereocenters. The second-order valence-electron chi connectivity index (χ2n) is 4.86. The summed E-state index contributed by atoms with van der Waals surface area (Å²) in [6.45, 7) is 4.58. The van der Waals surface area contributed by atoms with E-state index in [2.05, 4.69) is 0 Å². The minimum atomic E-state index is -0.568. The van der Waals surface area contributed by atoms with Crippen molar-refractivity contribution in [2.45, 2.75) is 13.8 Å². The highest BCUT2D eigenvalue weighted by Crippen LogP contribution is 2.22. The summed E-state index contributed by atoms with van der Waals surface area (Å²) < 4.78 is 15.9. The third kappa shape index (κ3) is 4.64. The Balaban J connectivity index is 1.78. The smallest absolute Gasteiger partial charge is 0.342 e. The number of carbonyl (C=O) groups excluding carboxylic acids is 1. The Morgan fingerprint density at radius 1 is 1.00 bits per heavy atom. The van der Waals surface area contributed by atoms with E-state index in [1.165, 1.54) is 6.07 Å². The minimum Gasteiger partial charge on any atom is -0.507 e. The summed E-state index contributed by atoms with van der Waals surface area (Å²) in [7, 11) is 0. The van der Waals surface area contributed by atoms with E-state index in [0.29, 0.717) is 17.9 Å². The molecule has 2 rings (SSSR count). The molecule has 0 aliphatic heterocycles. The number of phenols is 1. The Morgan fingerprint density at radius 3 is 2.30 bits per heavy atom. The third-order valence-corrected chi connectivity index (χ3v) is 3.18. The number of esters is 1. The monoisotopic (exact) mass is 316 g/mol. The molecular weight excluding hydrogens is 296 g/mol. The number of hydrogen-bond acceptors (Lipinski definition) is 5. The molecule has 1 N–H and O–H groups in total. The largest absolute Gasteiger partial charge is 0.507 e. The number of para-hydroxylation sites is 1. The molecule has 0 aliphatic carbocycles. The molecule has 2 aromatic rings. The van der Waals surface area contributed by atoms with Gasteiger partial charge < -0.3 is 19.3 Å². The Bertz CT molecular complexity index is 649. The molecule has 0 saturated heterocycles. The van der Waals surface area contributed by atoms with Crippen LogP contribution in [-0.2, 0) is 4.74 Å². The van der Waals surface area contributed by atoms with E-state index >= 15 is 0 Å². The number of aromatic hydroxyl groups is 1. The van der Waals surface area contributed by atoms with Gasteiger partial charge in [-0.3, -0.25) is 0 Å². The summed E-state index contributed by atoms with van der Waals surface area (Å²) in [6, 6.07) is 12.2. The molecule has 0 amide bonds. The molecule has 23 heavy (non-hydrogen) atoms. The Hall–Kier alpha value is -2.69. The summed E-state index contributed by atoms with van der Waals surface area (Å²) in [5.41, 5.74) is 0.788. The molecule has 2 aromatic carbocycles. The number of ether oxygens (including phenoxy) is 3. The van der Waals surface area contributed by atoms with Gasteiger partial charge in [0.05, 0.1) is 6.61 Å². The number of carbonyl (C=O) groups is 1. The summed E-state index contributed by atoms with van der Waals surface area (Å²) >= 11 is 0. The quantitative estimate of drug-likeness (QED) is 0.627. The van der Waals surface area contributed by atoms with E-state index < -0.39 is 5.97 Å². The minimum absolute atomic E-state index is 0.0510. The van der Waals surface area contributed by atoms with Crippen molar-refractivity contribution in [1.29, 1.82) is 0 Å². The van der Waals surface area contributed by atoms with Crippen molar-refractivity contribution in [3.63, 3.8) is 0 Å². The maximum atomic E-state index is 11.9. The third-order valence-electron chi connectivity index (χ3n) is 3.18. The molecule has 0 unspecified atom stereocenters. The van der Waals surface area contributed by atoms with Gasteiger partial charge in [-0.15, -0.1) is 0 Å². The van der Waals surface area contributed by atoms with Crippen molar-refractivity contribution in [3.8, 4) is 17.2 Å². The van der Waals surface area contributed by atoms with Crippen LogP contribution in [0.2, 0.25) is 0 Å². The molecular formula is C18H20O5. The number of benzene rings is 2. The molecule has 0 aliphatic rings. The summed E-state index contributed by atoms with van der Waals surface area (Å²) in [4.78, 5) is 11.9. The van der Waals surface area contributed by atoms with Crippen LogP contribution in [0.3, 0.4) is 0 Å². The summed E-state index contributed by atoms with van der Waals surface area (Å²) in [5.74, 6) is 0.829. The first-order valence-electron chi connectivity index (χ1n) is 7.43. The van der Waals surface area contributed by atoms with Gasteiger partial charge in [-0.2, -0.15) is 0 Å². The van der Waals surface area contributed by atoms with Crippen molar-refractivity contribution in [1.82, 2.24) is 0 Å². The molecule has 0 spiro atoms. The molecule has 0 radical (unpaired) electrons. The van der Waals surface area contributed by atoms with E-state index in [9.17, 15) is 9.90 Å². The fourth-order valence-corrected chi connectivity index (χ4v) is 1.99. The Labute approximate surface area is 135 Å². The van der Waals surface area contributed by atoms with E-state index in [0.717, 1.165) is 5.75 Å². The van der Waals surface area contributed by atoms with Gasteiger partial charge in [-0.1, -0.05) is 12.1 Å². The first-order valence-corrected chi connectivity index (χ1v) is 7.43. The Morgan fingerprint density at radius 2 is 1.65 bits per heavy atom. The van der Waals surface area contributed by atoms with Crippen molar-refractivity contribution < 1.29 is 24.1 Å². The van der Waals surface area contributed by atoms with Crippen LogP contribution in [0.4, 0.5) is 0 Å². The lowest BCUT2D eigenvalue weighted by molar-refractivity contribution is 0.0447. The first kappa shape index (κ1) is 16.7. The van der Waals surface area contributed by atoms with Crippen LogP contribution >= 0.6 is 0 Å². The van der Waals surface area contributed by atoms with Crippen molar-refractivity contribution in [2.24, 2.45) is 0 Å². The second-order valence-corrected chi connectivity index (χ2v) is 4.86.